The summed E-state index contributed by atoms with van der Waals surface area (Å²) in [7, 11) is 0. The molecule has 1 heterocycles. The molecule has 0 saturated carbocycles. The second kappa shape index (κ2) is 5.75. The van der Waals surface area contributed by atoms with Crippen LogP contribution in [-0.4, -0.2) is 36.0 Å². The van der Waals surface area contributed by atoms with Gasteiger partial charge in [-0.2, -0.15) is 0 Å². The smallest absolute Gasteiger partial charge is 0.255 e. The summed E-state index contributed by atoms with van der Waals surface area (Å²) in [4.78, 5) is 14.6. The van der Waals surface area contributed by atoms with Crippen LogP contribution in [0.5, 0.6) is 0 Å². The lowest BCUT2D eigenvalue weighted by Crippen LogP contribution is -2.57. The number of rotatable bonds is 1. The lowest BCUT2D eigenvalue weighted by molar-refractivity contribution is 0.0543. The maximum atomic E-state index is 12.6. The van der Waals surface area contributed by atoms with E-state index in [9.17, 15) is 4.79 Å². The fourth-order valence-electron chi connectivity index (χ4n) is 2.33. The van der Waals surface area contributed by atoms with Gasteiger partial charge in [0.25, 0.3) is 5.91 Å². The Morgan fingerprint density at radius 2 is 2.00 bits per heavy atom. The van der Waals surface area contributed by atoms with Crippen LogP contribution in [0.25, 0.3) is 0 Å². The molecule has 0 bridgehead atoms. The molecule has 1 saturated heterocycles. The molecular formula is C13H16ClIN2O. The molecule has 2 atom stereocenters. The fourth-order valence-corrected chi connectivity index (χ4v) is 3.07. The van der Waals surface area contributed by atoms with Crippen molar-refractivity contribution in [2.24, 2.45) is 0 Å². The van der Waals surface area contributed by atoms with E-state index in [1.165, 1.54) is 0 Å². The summed E-state index contributed by atoms with van der Waals surface area (Å²) in [5, 5.41) is 3.93. The van der Waals surface area contributed by atoms with E-state index in [-0.39, 0.29) is 18.0 Å². The van der Waals surface area contributed by atoms with Crippen molar-refractivity contribution < 1.29 is 4.79 Å². The molecule has 1 aliphatic heterocycles. The van der Waals surface area contributed by atoms with Gasteiger partial charge in [0.15, 0.2) is 0 Å². The van der Waals surface area contributed by atoms with Gasteiger partial charge in [0.2, 0.25) is 0 Å². The highest BCUT2D eigenvalue weighted by Crippen LogP contribution is 2.22. The zero-order valence-electron chi connectivity index (χ0n) is 10.4. The Bertz CT molecular complexity index is 456. The fraction of sp³-hybridized carbons (Fsp3) is 0.462. The molecule has 0 aromatic heterocycles. The Labute approximate surface area is 126 Å². The summed E-state index contributed by atoms with van der Waals surface area (Å²) >= 11 is 8.17. The van der Waals surface area contributed by atoms with Crippen LogP contribution in [0, 0.1) is 3.57 Å². The summed E-state index contributed by atoms with van der Waals surface area (Å²) in [5.74, 6) is 0.0726. The Morgan fingerprint density at radius 3 is 2.61 bits per heavy atom. The molecule has 98 valence electrons. The van der Waals surface area contributed by atoms with Crippen LogP contribution in [0.1, 0.15) is 24.2 Å². The molecule has 1 aliphatic rings. The molecule has 1 aromatic carbocycles. The van der Waals surface area contributed by atoms with Gasteiger partial charge in [-0.15, -0.1) is 0 Å². The molecule has 0 spiro atoms. The summed E-state index contributed by atoms with van der Waals surface area (Å²) in [6.07, 6.45) is 0. The first-order valence-corrected chi connectivity index (χ1v) is 7.45. The Hall–Kier alpha value is -0.330. The third-order valence-electron chi connectivity index (χ3n) is 3.22. The number of hydrogen-bond donors (Lipinski definition) is 1. The van der Waals surface area contributed by atoms with Gasteiger partial charge in [-0.05, 0) is 54.6 Å². The van der Waals surface area contributed by atoms with Crippen molar-refractivity contribution >= 4 is 40.1 Å². The molecule has 0 aliphatic carbocycles. The van der Waals surface area contributed by atoms with E-state index in [2.05, 4.69) is 41.8 Å². The van der Waals surface area contributed by atoms with Crippen LogP contribution in [0.3, 0.4) is 0 Å². The minimum Gasteiger partial charge on any atom is -0.331 e. The first-order valence-electron chi connectivity index (χ1n) is 5.99. The zero-order chi connectivity index (χ0) is 13.3. The van der Waals surface area contributed by atoms with Crippen LogP contribution < -0.4 is 5.32 Å². The van der Waals surface area contributed by atoms with Crippen molar-refractivity contribution in [1.29, 1.82) is 0 Å². The summed E-state index contributed by atoms with van der Waals surface area (Å²) < 4.78 is 0.944. The van der Waals surface area contributed by atoms with Gasteiger partial charge in [-0.1, -0.05) is 11.6 Å². The van der Waals surface area contributed by atoms with E-state index < -0.39 is 0 Å². The second-order valence-corrected chi connectivity index (χ2v) is 6.29. The number of benzene rings is 1. The number of carbonyl (C=O) groups is 1. The third-order valence-corrected chi connectivity index (χ3v) is 4.40. The largest absolute Gasteiger partial charge is 0.331 e. The maximum absolute atomic E-state index is 12.6. The Balaban J connectivity index is 2.32. The molecular weight excluding hydrogens is 363 g/mol. The summed E-state index contributed by atoms with van der Waals surface area (Å²) in [6.45, 7) is 5.82. The van der Waals surface area contributed by atoms with Gasteiger partial charge < -0.3 is 10.2 Å². The van der Waals surface area contributed by atoms with Crippen LogP contribution in [-0.2, 0) is 0 Å². The van der Waals surface area contributed by atoms with E-state index in [4.69, 9.17) is 11.6 Å². The number of halogens is 2. The molecule has 2 rings (SSSR count). The molecule has 1 N–H and O–H groups in total. The van der Waals surface area contributed by atoms with Crippen molar-refractivity contribution in [3.63, 3.8) is 0 Å². The van der Waals surface area contributed by atoms with Crippen molar-refractivity contribution in [3.8, 4) is 0 Å². The number of piperazine rings is 1. The molecule has 5 heteroatoms. The standard InChI is InChI=1S/C13H16ClIN2O/c1-8-6-16-7-9(2)17(8)13(18)11-5-10(14)3-4-12(11)15/h3-5,8-9,16H,6-7H2,1-2H3. The van der Waals surface area contributed by atoms with E-state index in [0.29, 0.717) is 10.6 Å². The lowest BCUT2D eigenvalue weighted by atomic mass is 10.1. The second-order valence-electron chi connectivity index (χ2n) is 4.69. The predicted octanol–water partition coefficient (Wildman–Crippen LogP) is 2.77. The number of nitrogens with one attached hydrogen (secondary N) is 1. The third kappa shape index (κ3) is 2.81. The molecule has 1 aromatic rings. The number of hydrogen-bond acceptors (Lipinski definition) is 2. The Morgan fingerprint density at radius 1 is 1.39 bits per heavy atom. The van der Waals surface area contributed by atoms with Gasteiger partial charge in [0.1, 0.15) is 0 Å². The average Bonchev–Trinajstić information content (AvgIpc) is 2.32. The van der Waals surface area contributed by atoms with Gasteiger partial charge in [-0.25, -0.2) is 0 Å². The normalized spacial score (nSPS) is 24.1. The van der Waals surface area contributed by atoms with Crippen molar-refractivity contribution in [3.05, 3.63) is 32.4 Å². The molecule has 1 fully saturated rings. The molecule has 1 amide bonds. The van der Waals surface area contributed by atoms with Gasteiger partial charge in [0.05, 0.1) is 5.56 Å². The topological polar surface area (TPSA) is 32.3 Å². The minimum absolute atomic E-state index is 0.0726. The van der Waals surface area contributed by atoms with Crippen molar-refractivity contribution in [2.45, 2.75) is 25.9 Å². The minimum atomic E-state index is 0.0726. The van der Waals surface area contributed by atoms with Crippen LogP contribution in [0.2, 0.25) is 5.02 Å². The SMILES string of the molecule is CC1CNCC(C)N1C(=O)c1cc(Cl)ccc1I. The number of amides is 1. The highest BCUT2D eigenvalue weighted by atomic mass is 127. The van der Waals surface area contributed by atoms with Crippen LogP contribution >= 0.6 is 34.2 Å². The summed E-state index contributed by atoms with van der Waals surface area (Å²) in [5.41, 5.74) is 0.698. The Kier molecular flexibility index (Phi) is 4.50. The van der Waals surface area contributed by atoms with Crippen molar-refractivity contribution in [2.75, 3.05) is 13.1 Å². The molecule has 18 heavy (non-hydrogen) atoms. The van der Waals surface area contributed by atoms with E-state index >= 15 is 0 Å². The average molecular weight is 379 g/mol. The lowest BCUT2D eigenvalue weighted by Gasteiger charge is -2.39. The first-order chi connectivity index (χ1) is 8.50. The zero-order valence-corrected chi connectivity index (χ0v) is 13.3. The van der Waals surface area contributed by atoms with Crippen molar-refractivity contribution in [1.82, 2.24) is 10.2 Å². The highest BCUT2D eigenvalue weighted by Gasteiger charge is 2.30. The van der Waals surface area contributed by atoms with Crippen LogP contribution in [0.4, 0.5) is 0 Å². The highest BCUT2D eigenvalue weighted by molar-refractivity contribution is 14.1. The first kappa shape index (κ1) is 14.1. The van der Waals surface area contributed by atoms with Gasteiger partial charge in [0, 0.05) is 33.8 Å². The number of carbonyl (C=O) groups excluding carboxylic acids is 1. The van der Waals surface area contributed by atoms with Crippen LogP contribution in [0.15, 0.2) is 18.2 Å². The predicted molar refractivity (Wildman–Crippen MR) is 82.1 cm³/mol. The molecule has 2 unspecified atom stereocenters. The maximum Gasteiger partial charge on any atom is 0.255 e. The van der Waals surface area contributed by atoms with Gasteiger partial charge in [-0.3, -0.25) is 4.79 Å². The van der Waals surface area contributed by atoms with E-state index in [0.717, 1.165) is 16.7 Å². The quantitative estimate of drug-likeness (QED) is 0.762. The monoisotopic (exact) mass is 378 g/mol. The van der Waals surface area contributed by atoms with E-state index in [1.54, 1.807) is 6.07 Å². The number of nitrogens with zero attached hydrogens (tertiary/aromatic N) is 1. The summed E-state index contributed by atoms with van der Waals surface area (Å²) in [6, 6.07) is 5.86. The molecule has 3 nitrogen and oxygen atoms in total. The van der Waals surface area contributed by atoms with E-state index in [1.807, 2.05) is 17.0 Å². The van der Waals surface area contributed by atoms with Gasteiger partial charge >= 0.3 is 0 Å². The molecule has 0 radical (unpaired) electrons.